The van der Waals surface area contributed by atoms with E-state index in [0.717, 1.165) is 23.1 Å². The number of rotatable bonds is 4. The Labute approximate surface area is 121 Å². The molecular formula is C14H19BrFNO2. The van der Waals surface area contributed by atoms with Crippen molar-refractivity contribution in [3.05, 3.63) is 34.1 Å². The first-order chi connectivity index (χ1) is 8.94. The van der Waals surface area contributed by atoms with Crippen LogP contribution in [0.15, 0.2) is 22.7 Å². The van der Waals surface area contributed by atoms with Gasteiger partial charge in [-0.2, -0.15) is 0 Å². The van der Waals surface area contributed by atoms with Crippen molar-refractivity contribution < 1.29 is 13.9 Å². The van der Waals surface area contributed by atoms with Gasteiger partial charge in [0, 0.05) is 17.6 Å². The molecule has 1 aliphatic heterocycles. The van der Waals surface area contributed by atoms with E-state index in [2.05, 4.69) is 35.1 Å². The van der Waals surface area contributed by atoms with Crippen molar-refractivity contribution in [1.82, 2.24) is 5.32 Å². The van der Waals surface area contributed by atoms with Gasteiger partial charge in [-0.05, 0) is 37.6 Å². The maximum atomic E-state index is 13.2. The summed E-state index contributed by atoms with van der Waals surface area (Å²) in [6.07, 6.45) is 0.0424. The van der Waals surface area contributed by atoms with Gasteiger partial charge in [-0.3, -0.25) is 0 Å². The van der Waals surface area contributed by atoms with Crippen molar-refractivity contribution >= 4 is 15.9 Å². The topological polar surface area (TPSA) is 30.5 Å². The molecule has 1 aliphatic rings. The molecule has 1 atom stereocenters. The molecule has 0 aromatic heterocycles. The fraction of sp³-hybridized carbons (Fsp3) is 0.571. The Hall–Kier alpha value is -0.490. The van der Waals surface area contributed by atoms with Gasteiger partial charge in [0.05, 0.1) is 24.9 Å². The van der Waals surface area contributed by atoms with Crippen LogP contribution in [-0.2, 0) is 16.1 Å². The van der Waals surface area contributed by atoms with E-state index in [1.807, 2.05) is 6.07 Å². The third-order valence-electron chi connectivity index (χ3n) is 2.90. The second kappa shape index (κ2) is 6.31. The average molecular weight is 332 g/mol. The van der Waals surface area contributed by atoms with Crippen molar-refractivity contribution in [2.45, 2.75) is 32.2 Å². The molecule has 1 unspecified atom stereocenters. The van der Waals surface area contributed by atoms with Crippen molar-refractivity contribution in [3.8, 4) is 0 Å². The Balaban J connectivity index is 1.80. The Morgan fingerprint density at radius 1 is 1.47 bits per heavy atom. The highest BCUT2D eigenvalue weighted by molar-refractivity contribution is 9.10. The number of nitrogens with one attached hydrogen (secondary N) is 1. The molecule has 1 heterocycles. The van der Waals surface area contributed by atoms with Gasteiger partial charge in [0.25, 0.3) is 0 Å². The van der Waals surface area contributed by atoms with Gasteiger partial charge in [0.15, 0.2) is 0 Å². The molecule has 1 aromatic carbocycles. The molecule has 0 spiro atoms. The second-order valence-corrected chi connectivity index (χ2v) is 6.34. The first kappa shape index (κ1) is 14.9. The van der Waals surface area contributed by atoms with Crippen LogP contribution >= 0.6 is 15.9 Å². The largest absolute Gasteiger partial charge is 0.374 e. The minimum Gasteiger partial charge on any atom is -0.374 e. The Bertz CT molecular complexity index is 419. The van der Waals surface area contributed by atoms with Crippen LogP contribution in [0, 0.1) is 5.82 Å². The Morgan fingerprint density at radius 2 is 2.26 bits per heavy atom. The van der Waals surface area contributed by atoms with Gasteiger partial charge in [0.2, 0.25) is 0 Å². The highest BCUT2D eigenvalue weighted by atomic mass is 79.9. The second-order valence-electron chi connectivity index (χ2n) is 5.42. The molecule has 0 saturated carbocycles. The first-order valence-electron chi connectivity index (χ1n) is 6.36. The zero-order valence-corrected chi connectivity index (χ0v) is 12.8. The molecule has 0 bridgehead atoms. The summed E-state index contributed by atoms with van der Waals surface area (Å²) in [6, 6.07) is 4.77. The highest BCUT2D eigenvalue weighted by Gasteiger charge is 2.28. The summed E-state index contributed by atoms with van der Waals surface area (Å²) in [5.41, 5.74) is 0.656. The van der Waals surface area contributed by atoms with Crippen molar-refractivity contribution in [1.29, 1.82) is 0 Å². The molecule has 5 heteroatoms. The number of hydrogen-bond acceptors (Lipinski definition) is 3. The summed E-state index contributed by atoms with van der Waals surface area (Å²) in [6.45, 7) is 6.63. The summed E-state index contributed by atoms with van der Waals surface area (Å²) >= 11 is 3.27. The van der Waals surface area contributed by atoms with Gasteiger partial charge >= 0.3 is 0 Å². The lowest BCUT2D eigenvalue weighted by Crippen LogP contribution is -2.51. The molecule has 1 aromatic rings. The monoisotopic (exact) mass is 331 g/mol. The van der Waals surface area contributed by atoms with Crippen molar-refractivity contribution in [3.63, 3.8) is 0 Å². The van der Waals surface area contributed by atoms with Gasteiger partial charge in [0.1, 0.15) is 5.82 Å². The van der Waals surface area contributed by atoms with Crippen LogP contribution in [0.1, 0.15) is 19.4 Å². The third-order valence-corrected chi connectivity index (χ3v) is 3.36. The molecule has 1 fully saturated rings. The average Bonchev–Trinajstić information content (AvgIpc) is 2.26. The van der Waals surface area contributed by atoms with E-state index >= 15 is 0 Å². The van der Waals surface area contributed by atoms with Gasteiger partial charge < -0.3 is 14.8 Å². The van der Waals surface area contributed by atoms with Crippen LogP contribution in [0.25, 0.3) is 0 Å². The number of ether oxygens (including phenoxy) is 2. The minimum atomic E-state index is -0.260. The number of halogens is 2. The van der Waals surface area contributed by atoms with Crippen LogP contribution in [0.4, 0.5) is 4.39 Å². The molecule has 3 nitrogen and oxygen atoms in total. The van der Waals surface area contributed by atoms with E-state index in [0.29, 0.717) is 13.2 Å². The number of hydrogen-bond donors (Lipinski definition) is 1. The lowest BCUT2D eigenvalue weighted by atomic mass is 10.1. The SMILES string of the molecule is CC1(C)CNCC(COCc2cc(F)cc(Br)c2)O1. The fourth-order valence-electron chi connectivity index (χ4n) is 2.16. The van der Waals surface area contributed by atoms with Gasteiger partial charge in [-0.1, -0.05) is 15.9 Å². The standard InChI is InChI=1S/C14H19BrFNO2/c1-14(2)9-17-6-13(19-14)8-18-7-10-3-11(15)5-12(16)4-10/h3-5,13,17H,6-9H2,1-2H3. The quantitative estimate of drug-likeness (QED) is 0.920. The number of morpholine rings is 1. The molecule has 1 N–H and O–H groups in total. The van der Waals surface area contributed by atoms with Crippen LogP contribution < -0.4 is 5.32 Å². The summed E-state index contributed by atoms with van der Waals surface area (Å²) in [4.78, 5) is 0. The first-order valence-corrected chi connectivity index (χ1v) is 7.15. The van der Waals surface area contributed by atoms with E-state index < -0.39 is 0 Å². The summed E-state index contributed by atoms with van der Waals surface area (Å²) in [7, 11) is 0. The summed E-state index contributed by atoms with van der Waals surface area (Å²) in [5.74, 6) is -0.260. The Morgan fingerprint density at radius 3 is 2.95 bits per heavy atom. The molecule has 0 amide bonds. The third kappa shape index (κ3) is 4.84. The maximum Gasteiger partial charge on any atom is 0.124 e. The van der Waals surface area contributed by atoms with E-state index in [1.54, 1.807) is 0 Å². The zero-order chi connectivity index (χ0) is 13.9. The van der Waals surface area contributed by atoms with Crippen molar-refractivity contribution in [2.75, 3.05) is 19.7 Å². The zero-order valence-electron chi connectivity index (χ0n) is 11.2. The molecule has 0 aliphatic carbocycles. The van der Waals surface area contributed by atoms with Crippen LogP contribution in [-0.4, -0.2) is 31.4 Å². The van der Waals surface area contributed by atoms with E-state index in [4.69, 9.17) is 9.47 Å². The summed E-state index contributed by atoms with van der Waals surface area (Å²) < 4.78 is 25.4. The maximum absolute atomic E-state index is 13.2. The van der Waals surface area contributed by atoms with Crippen LogP contribution in [0.5, 0.6) is 0 Å². The van der Waals surface area contributed by atoms with Crippen LogP contribution in [0.3, 0.4) is 0 Å². The lowest BCUT2D eigenvalue weighted by Gasteiger charge is -2.36. The molecule has 0 radical (unpaired) electrons. The lowest BCUT2D eigenvalue weighted by molar-refractivity contribution is -0.122. The molecule has 1 saturated heterocycles. The molecule has 2 rings (SSSR count). The van der Waals surface area contributed by atoms with Gasteiger partial charge in [-0.15, -0.1) is 0 Å². The predicted octanol–water partition coefficient (Wildman–Crippen LogP) is 2.87. The smallest absolute Gasteiger partial charge is 0.124 e. The van der Waals surface area contributed by atoms with Crippen LogP contribution in [0.2, 0.25) is 0 Å². The molecular weight excluding hydrogens is 313 g/mol. The van der Waals surface area contributed by atoms with E-state index in [1.165, 1.54) is 12.1 Å². The highest BCUT2D eigenvalue weighted by Crippen LogP contribution is 2.17. The predicted molar refractivity (Wildman–Crippen MR) is 75.6 cm³/mol. The molecule has 106 valence electrons. The van der Waals surface area contributed by atoms with E-state index in [-0.39, 0.29) is 17.5 Å². The van der Waals surface area contributed by atoms with E-state index in [9.17, 15) is 4.39 Å². The normalized spacial score (nSPS) is 22.4. The van der Waals surface area contributed by atoms with Crippen molar-refractivity contribution in [2.24, 2.45) is 0 Å². The minimum absolute atomic E-state index is 0.0424. The summed E-state index contributed by atoms with van der Waals surface area (Å²) in [5, 5.41) is 3.32. The Kier molecular flexibility index (Phi) is 4.95. The fourth-order valence-corrected chi connectivity index (χ4v) is 2.68. The molecule has 19 heavy (non-hydrogen) atoms. The number of benzene rings is 1. The van der Waals surface area contributed by atoms with Gasteiger partial charge in [-0.25, -0.2) is 4.39 Å².